The van der Waals surface area contributed by atoms with Crippen LogP contribution in [0.4, 0.5) is 0 Å². The van der Waals surface area contributed by atoms with E-state index >= 15 is 0 Å². The van der Waals surface area contributed by atoms with Crippen molar-refractivity contribution in [2.45, 2.75) is 44.6 Å². The molecule has 0 spiro atoms. The summed E-state index contributed by atoms with van der Waals surface area (Å²) in [5.41, 5.74) is 1.04. The van der Waals surface area contributed by atoms with E-state index in [1.165, 1.54) is 25.7 Å². The molecule has 0 saturated heterocycles. The van der Waals surface area contributed by atoms with Crippen LogP contribution < -0.4 is 0 Å². The van der Waals surface area contributed by atoms with Gasteiger partial charge >= 0.3 is 0 Å². The van der Waals surface area contributed by atoms with Crippen LogP contribution in [0.25, 0.3) is 0 Å². The summed E-state index contributed by atoms with van der Waals surface area (Å²) in [6, 6.07) is 5.51. The second-order valence-corrected chi connectivity index (χ2v) is 5.73. The predicted octanol–water partition coefficient (Wildman–Crippen LogP) is 4.48. The zero-order valence-electron chi connectivity index (χ0n) is 9.83. The zero-order valence-corrected chi connectivity index (χ0v) is 11.3. The van der Waals surface area contributed by atoms with Crippen molar-refractivity contribution in [3.63, 3.8) is 0 Å². The van der Waals surface area contributed by atoms with Crippen LogP contribution in [0.2, 0.25) is 10.0 Å². The maximum Gasteiger partial charge on any atom is 0.0571 e. The molecule has 1 N–H and O–H groups in total. The van der Waals surface area contributed by atoms with E-state index in [4.69, 9.17) is 23.2 Å². The van der Waals surface area contributed by atoms with E-state index in [1.807, 2.05) is 12.1 Å². The minimum Gasteiger partial charge on any atom is -0.393 e. The first kappa shape index (κ1) is 13.2. The minimum absolute atomic E-state index is 0.187. The molecule has 1 aromatic carbocycles. The minimum atomic E-state index is -0.187. The SMILES string of the molecule is OC(CCc1cc(Cl)ccc1Cl)C1CCCC1. The van der Waals surface area contributed by atoms with Crippen molar-refractivity contribution in [3.8, 4) is 0 Å². The molecule has 1 saturated carbocycles. The van der Waals surface area contributed by atoms with Gasteiger partial charge in [-0.25, -0.2) is 0 Å². The summed E-state index contributed by atoms with van der Waals surface area (Å²) in [5, 5.41) is 11.5. The third-order valence-electron chi connectivity index (χ3n) is 3.66. The summed E-state index contributed by atoms with van der Waals surface area (Å²) < 4.78 is 0. The fourth-order valence-electron chi connectivity index (χ4n) is 2.62. The Bertz CT molecular complexity index is 372. The number of aliphatic hydroxyl groups is 1. The Morgan fingerprint density at radius 2 is 1.94 bits per heavy atom. The number of hydrogen-bond donors (Lipinski definition) is 1. The maximum atomic E-state index is 10.1. The van der Waals surface area contributed by atoms with Gasteiger partial charge in [-0.1, -0.05) is 36.0 Å². The number of aryl methyl sites for hydroxylation is 1. The van der Waals surface area contributed by atoms with E-state index in [9.17, 15) is 5.11 Å². The van der Waals surface area contributed by atoms with Crippen LogP contribution >= 0.6 is 23.2 Å². The number of rotatable bonds is 4. The summed E-state index contributed by atoms with van der Waals surface area (Å²) in [4.78, 5) is 0. The third-order valence-corrected chi connectivity index (χ3v) is 4.27. The van der Waals surface area contributed by atoms with E-state index in [0.717, 1.165) is 23.4 Å². The molecular weight excluding hydrogens is 255 g/mol. The highest BCUT2D eigenvalue weighted by Gasteiger charge is 2.22. The summed E-state index contributed by atoms with van der Waals surface area (Å²) >= 11 is 12.0. The topological polar surface area (TPSA) is 20.2 Å². The molecule has 1 atom stereocenters. The lowest BCUT2D eigenvalue weighted by atomic mass is 9.95. The van der Waals surface area contributed by atoms with Gasteiger partial charge in [0, 0.05) is 10.0 Å². The lowest BCUT2D eigenvalue weighted by molar-refractivity contribution is 0.102. The lowest BCUT2D eigenvalue weighted by Gasteiger charge is -2.17. The highest BCUT2D eigenvalue weighted by Crippen LogP contribution is 2.30. The highest BCUT2D eigenvalue weighted by molar-refractivity contribution is 6.33. The molecule has 2 rings (SSSR count). The standard InChI is InChI=1S/C14H18Cl2O/c15-12-6-7-13(16)11(9-12)5-8-14(17)10-3-1-2-4-10/h6-7,9-10,14,17H,1-5,8H2. The Hall–Kier alpha value is -0.240. The molecule has 17 heavy (non-hydrogen) atoms. The molecule has 94 valence electrons. The number of halogens is 2. The van der Waals surface area contributed by atoms with Crippen LogP contribution in [0.15, 0.2) is 18.2 Å². The van der Waals surface area contributed by atoms with Gasteiger partial charge in [-0.05, 0) is 55.4 Å². The molecule has 0 bridgehead atoms. The van der Waals surface area contributed by atoms with Crippen LogP contribution in [0.5, 0.6) is 0 Å². The highest BCUT2D eigenvalue weighted by atomic mass is 35.5. The summed E-state index contributed by atoms with van der Waals surface area (Å²) in [6.07, 6.45) is 6.27. The number of hydrogen-bond acceptors (Lipinski definition) is 1. The molecule has 1 unspecified atom stereocenters. The number of benzene rings is 1. The van der Waals surface area contributed by atoms with Crippen molar-refractivity contribution in [2.75, 3.05) is 0 Å². The first-order valence-electron chi connectivity index (χ1n) is 6.29. The van der Waals surface area contributed by atoms with E-state index in [2.05, 4.69) is 0 Å². The predicted molar refractivity (Wildman–Crippen MR) is 72.7 cm³/mol. The van der Waals surface area contributed by atoms with E-state index < -0.39 is 0 Å². The van der Waals surface area contributed by atoms with E-state index in [-0.39, 0.29) is 6.10 Å². The summed E-state index contributed by atoms with van der Waals surface area (Å²) in [5.74, 6) is 0.493. The van der Waals surface area contributed by atoms with Crippen molar-refractivity contribution in [3.05, 3.63) is 33.8 Å². The van der Waals surface area contributed by atoms with Gasteiger partial charge in [0.1, 0.15) is 0 Å². The van der Waals surface area contributed by atoms with Crippen molar-refractivity contribution >= 4 is 23.2 Å². The first-order valence-corrected chi connectivity index (χ1v) is 7.04. The second kappa shape index (κ2) is 6.08. The van der Waals surface area contributed by atoms with Gasteiger partial charge in [0.05, 0.1) is 6.10 Å². The average molecular weight is 273 g/mol. The molecule has 1 aromatic rings. The van der Waals surface area contributed by atoms with Crippen molar-refractivity contribution in [1.29, 1.82) is 0 Å². The zero-order chi connectivity index (χ0) is 12.3. The molecule has 1 aliphatic carbocycles. The van der Waals surface area contributed by atoms with Crippen LogP contribution in [0.1, 0.15) is 37.7 Å². The molecule has 0 radical (unpaired) electrons. The fraction of sp³-hybridized carbons (Fsp3) is 0.571. The molecule has 3 heteroatoms. The van der Waals surface area contributed by atoms with Gasteiger partial charge in [0.25, 0.3) is 0 Å². The molecule has 1 aliphatic rings. The molecular formula is C14H18Cl2O. The summed E-state index contributed by atoms with van der Waals surface area (Å²) in [7, 11) is 0. The van der Waals surface area contributed by atoms with Gasteiger partial charge in [-0.3, -0.25) is 0 Å². The van der Waals surface area contributed by atoms with Gasteiger partial charge in [0.2, 0.25) is 0 Å². The Kier molecular flexibility index (Phi) is 4.72. The van der Waals surface area contributed by atoms with Crippen molar-refractivity contribution in [1.82, 2.24) is 0 Å². The molecule has 1 nitrogen and oxygen atoms in total. The lowest BCUT2D eigenvalue weighted by Crippen LogP contribution is -2.18. The van der Waals surface area contributed by atoms with Crippen LogP contribution in [-0.4, -0.2) is 11.2 Å². The Balaban J connectivity index is 1.90. The third kappa shape index (κ3) is 3.61. The average Bonchev–Trinajstić information content (AvgIpc) is 2.83. The maximum absolute atomic E-state index is 10.1. The largest absolute Gasteiger partial charge is 0.393 e. The monoisotopic (exact) mass is 272 g/mol. The Morgan fingerprint density at radius 1 is 1.24 bits per heavy atom. The van der Waals surface area contributed by atoms with Crippen molar-refractivity contribution in [2.24, 2.45) is 5.92 Å². The number of aliphatic hydroxyl groups excluding tert-OH is 1. The van der Waals surface area contributed by atoms with Gasteiger partial charge < -0.3 is 5.11 Å². The van der Waals surface area contributed by atoms with Crippen LogP contribution in [0, 0.1) is 5.92 Å². The van der Waals surface area contributed by atoms with Crippen LogP contribution in [0.3, 0.4) is 0 Å². The molecule has 0 aliphatic heterocycles. The Morgan fingerprint density at radius 3 is 2.65 bits per heavy atom. The normalized spacial score (nSPS) is 18.5. The van der Waals surface area contributed by atoms with Crippen molar-refractivity contribution < 1.29 is 5.11 Å². The second-order valence-electron chi connectivity index (χ2n) is 4.89. The molecule has 0 amide bonds. The van der Waals surface area contributed by atoms with Gasteiger partial charge in [-0.15, -0.1) is 0 Å². The summed E-state index contributed by atoms with van der Waals surface area (Å²) in [6.45, 7) is 0. The Labute approximate surface area is 113 Å². The van der Waals surface area contributed by atoms with Gasteiger partial charge in [-0.2, -0.15) is 0 Å². The van der Waals surface area contributed by atoms with Gasteiger partial charge in [0.15, 0.2) is 0 Å². The van der Waals surface area contributed by atoms with E-state index in [0.29, 0.717) is 10.9 Å². The van der Waals surface area contributed by atoms with Crippen LogP contribution in [-0.2, 0) is 6.42 Å². The molecule has 1 fully saturated rings. The fourth-order valence-corrected chi connectivity index (χ4v) is 3.02. The van der Waals surface area contributed by atoms with E-state index in [1.54, 1.807) is 6.07 Å². The quantitative estimate of drug-likeness (QED) is 0.857. The molecule has 0 heterocycles. The first-order chi connectivity index (χ1) is 8.16. The molecule has 0 aromatic heterocycles. The smallest absolute Gasteiger partial charge is 0.0571 e.